The molecule has 4 atom stereocenters. The summed E-state index contributed by atoms with van der Waals surface area (Å²) in [7, 11) is -6.29. The molecule has 0 aromatic heterocycles. The molecule has 27 heavy (non-hydrogen) atoms. The molecule has 5 nitrogen and oxygen atoms in total. The van der Waals surface area contributed by atoms with Crippen molar-refractivity contribution in [2.45, 2.75) is 86.9 Å². The van der Waals surface area contributed by atoms with Gasteiger partial charge in [-0.15, -0.1) is 13.2 Å². The average Bonchev–Trinajstić information content (AvgIpc) is 3.05. The van der Waals surface area contributed by atoms with E-state index in [0.29, 0.717) is 25.7 Å². The molecule has 0 aliphatic carbocycles. The number of ether oxygens (including phenoxy) is 1. The molecule has 7 heteroatoms. The van der Waals surface area contributed by atoms with Gasteiger partial charge in [0.05, 0.1) is 34.2 Å². The molecule has 2 aliphatic heterocycles. The highest BCUT2D eigenvalue weighted by Crippen LogP contribution is 2.34. The van der Waals surface area contributed by atoms with E-state index in [4.69, 9.17) is 4.74 Å². The zero-order valence-electron chi connectivity index (χ0n) is 16.2. The molecule has 0 aromatic carbocycles. The van der Waals surface area contributed by atoms with E-state index in [1.807, 2.05) is 12.2 Å². The topological polar surface area (TPSA) is 77.5 Å². The lowest BCUT2D eigenvalue weighted by molar-refractivity contribution is -0.0121. The Labute approximate surface area is 165 Å². The summed E-state index contributed by atoms with van der Waals surface area (Å²) in [6.07, 6.45) is 10.3. The number of hydrogen-bond acceptors (Lipinski definition) is 5. The number of sulfone groups is 2. The summed E-state index contributed by atoms with van der Waals surface area (Å²) in [6.45, 7) is 7.39. The smallest absolute Gasteiger partial charge is 0.155 e. The molecular weight excluding hydrogens is 384 g/mol. The van der Waals surface area contributed by atoms with Gasteiger partial charge in [-0.1, -0.05) is 25.0 Å². The van der Waals surface area contributed by atoms with Gasteiger partial charge in [-0.3, -0.25) is 0 Å². The monoisotopic (exact) mass is 418 g/mol. The van der Waals surface area contributed by atoms with Crippen LogP contribution in [0.25, 0.3) is 0 Å². The Morgan fingerprint density at radius 2 is 1.15 bits per heavy atom. The van der Waals surface area contributed by atoms with Gasteiger partial charge in [0, 0.05) is 0 Å². The summed E-state index contributed by atoms with van der Waals surface area (Å²) in [5.74, 6) is 0.292. The van der Waals surface area contributed by atoms with Gasteiger partial charge in [0.2, 0.25) is 0 Å². The second kappa shape index (κ2) is 10.2. The predicted molar refractivity (Wildman–Crippen MR) is 110 cm³/mol. The van der Waals surface area contributed by atoms with Crippen molar-refractivity contribution in [3.63, 3.8) is 0 Å². The quantitative estimate of drug-likeness (QED) is 0.357. The van der Waals surface area contributed by atoms with Crippen LogP contribution in [-0.4, -0.2) is 51.0 Å². The van der Waals surface area contributed by atoms with Gasteiger partial charge >= 0.3 is 0 Å². The molecule has 0 radical (unpaired) electrons. The van der Waals surface area contributed by atoms with Crippen LogP contribution in [0.3, 0.4) is 0 Å². The Morgan fingerprint density at radius 1 is 0.741 bits per heavy atom. The first-order chi connectivity index (χ1) is 12.8. The highest BCUT2D eigenvalue weighted by Gasteiger charge is 2.46. The van der Waals surface area contributed by atoms with Crippen LogP contribution in [0.1, 0.15) is 64.2 Å². The molecule has 2 aliphatic rings. The van der Waals surface area contributed by atoms with Crippen LogP contribution in [0.15, 0.2) is 25.3 Å². The van der Waals surface area contributed by atoms with Gasteiger partial charge in [-0.25, -0.2) is 16.8 Å². The van der Waals surface area contributed by atoms with Gasteiger partial charge < -0.3 is 4.74 Å². The van der Waals surface area contributed by atoms with Crippen molar-refractivity contribution in [3.8, 4) is 0 Å². The maximum absolute atomic E-state index is 12.4. The van der Waals surface area contributed by atoms with Crippen molar-refractivity contribution in [2.75, 3.05) is 11.5 Å². The lowest BCUT2D eigenvalue weighted by Crippen LogP contribution is -2.36. The zero-order chi connectivity index (χ0) is 19.9. The van der Waals surface area contributed by atoms with Gasteiger partial charge in [0.15, 0.2) is 19.7 Å². The standard InChI is InChI=1S/C20H34O5S2/c1-3-5-7-9-11-19-17(13-15-26(19,21)22)25-18-14-16-27(23,24)20(18)12-10-8-6-4-2/h3-4,17-20H,1-2,5-16H2. The third kappa shape index (κ3) is 6.16. The van der Waals surface area contributed by atoms with Gasteiger partial charge in [0.25, 0.3) is 0 Å². The molecule has 0 bridgehead atoms. The predicted octanol–water partition coefficient (Wildman–Crippen LogP) is 3.61. The third-order valence-electron chi connectivity index (χ3n) is 5.77. The number of rotatable bonds is 12. The minimum absolute atomic E-state index is 0.146. The van der Waals surface area contributed by atoms with E-state index in [0.717, 1.165) is 38.5 Å². The summed E-state index contributed by atoms with van der Waals surface area (Å²) in [6, 6.07) is 0. The van der Waals surface area contributed by atoms with E-state index in [1.165, 1.54) is 0 Å². The van der Waals surface area contributed by atoms with E-state index in [2.05, 4.69) is 13.2 Å². The molecule has 2 fully saturated rings. The Bertz CT molecular complexity index is 636. The summed E-state index contributed by atoms with van der Waals surface area (Å²) >= 11 is 0. The molecular formula is C20H34O5S2. The zero-order valence-corrected chi connectivity index (χ0v) is 17.9. The summed E-state index contributed by atoms with van der Waals surface area (Å²) < 4.78 is 55.9. The minimum atomic E-state index is -3.15. The van der Waals surface area contributed by atoms with Crippen molar-refractivity contribution in [1.82, 2.24) is 0 Å². The van der Waals surface area contributed by atoms with Crippen LogP contribution >= 0.6 is 0 Å². The van der Waals surface area contributed by atoms with Crippen LogP contribution < -0.4 is 0 Å². The fourth-order valence-electron chi connectivity index (χ4n) is 4.23. The van der Waals surface area contributed by atoms with Gasteiger partial charge in [0.1, 0.15) is 0 Å². The van der Waals surface area contributed by atoms with Crippen LogP contribution in [0.2, 0.25) is 0 Å². The Kier molecular flexibility index (Phi) is 8.56. The summed E-state index contributed by atoms with van der Waals surface area (Å²) in [5.41, 5.74) is 0. The second-order valence-electron chi connectivity index (χ2n) is 7.75. The molecule has 0 aromatic rings. The minimum Gasteiger partial charge on any atom is -0.372 e. The Hall–Kier alpha value is -0.660. The lowest BCUT2D eigenvalue weighted by atomic mass is 10.0. The summed E-state index contributed by atoms with van der Waals surface area (Å²) in [5, 5.41) is -0.987. The van der Waals surface area contributed by atoms with Crippen LogP contribution in [0.5, 0.6) is 0 Å². The highest BCUT2D eigenvalue weighted by atomic mass is 32.2. The first-order valence-corrected chi connectivity index (χ1v) is 13.6. The van der Waals surface area contributed by atoms with Crippen molar-refractivity contribution in [3.05, 3.63) is 25.3 Å². The molecule has 2 rings (SSSR count). The third-order valence-corrected chi connectivity index (χ3v) is 10.3. The van der Waals surface area contributed by atoms with Crippen molar-refractivity contribution in [1.29, 1.82) is 0 Å². The van der Waals surface area contributed by atoms with Crippen LogP contribution in [0.4, 0.5) is 0 Å². The molecule has 156 valence electrons. The first-order valence-electron chi connectivity index (χ1n) is 10.1. The number of unbranched alkanes of at least 4 members (excludes halogenated alkanes) is 4. The van der Waals surface area contributed by atoms with Crippen molar-refractivity contribution < 1.29 is 21.6 Å². The SMILES string of the molecule is C=CCCCCC1C(OC2CCS(=O)(=O)C2CCCCC=C)CCS1(=O)=O. The molecule has 0 saturated carbocycles. The van der Waals surface area contributed by atoms with E-state index in [9.17, 15) is 16.8 Å². The lowest BCUT2D eigenvalue weighted by Gasteiger charge is -2.26. The molecule has 2 heterocycles. The second-order valence-corrected chi connectivity index (χ2v) is 12.4. The van der Waals surface area contributed by atoms with Crippen molar-refractivity contribution in [2.24, 2.45) is 0 Å². The van der Waals surface area contributed by atoms with Crippen LogP contribution in [-0.2, 0) is 24.4 Å². The molecule has 2 saturated heterocycles. The van der Waals surface area contributed by atoms with Gasteiger partial charge in [-0.2, -0.15) is 0 Å². The van der Waals surface area contributed by atoms with Gasteiger partial charge in [-0.05, 0) is 51.4 Å². The van der Waals surface area contributed by atoms with Crippen molar-refractivity contribution >= 4 is 19.7 Å². The Balaban J connectivity index is 1.99. The maximum atomic E-state index is 12.4. The molecule has 0 N–H and O–H groups in total. The molecule has 0 spiro atoms. The van der Waals surface area contributed by atoms with E-state index >= 15 is 0 Å². The highest BCUT2D eigenvalue weighted by molar-refractivity contribution is 7.92. The van der Waals surface area contributed by atoms with E-state index < -0.39 is 30.2 Å². The molecule has 0 amide bonds. The largest absolute Gasteiger partial charge is 0.372 e. The Morgan fingerprint density at radius 3 is 1.52 bits per heavy atom. The number of hydrogen-bond donors (Lipinski definition) is 0. The summed E-state index contributed by atoms with van der Waals surface area (Å²) in [4.78, 5) is 0. The first kappa shape index (κ1) is 22.6. The van der Waals surface area contributed by atoms with Crippen LogP contribution in [0, 0.1) is 0 Å². The average molecular weight is 419 g/mol. The fraction of sp³-hybridized carbons (Fsp3) is 0.800. The van der Waals surface area contributed by atoms with E-state index in [1.54, 1.807) is 0 Å². The maximum Gasteiger partial charge on any atom is 0.155 e. The van der Waals surface area contributed by atoms with E-state index in [-0.39, 0.29) is 23.7 Å². The fourth-order valence-corrected chi connectivity index (χ4v) is 8.34. The molecule has 4 unspecified atom stereocenters. The number of allylic oxidation sites excluding steroid dienone is 2. The normalized spacial score (nSPS) is 31.7.